The van der Waals surface area contributed by atoms with Crippen molar-refractivity contribution in [3.63, 3.8) is 0 Å². The highest BCUT2D eigenvalue weighted by Crippen LogP contribution is 2.19. The van der Waals surface area contributed by atoms with Crippen molar-refractivity contribution >= 4 is 29.8 Å². The Morgan fingerprint density at radius 2 is 0.866 bits per heavy atom. The van der Waals surface area contributed by atoms with Gasteiger partial charge < -0.3 is 48.8 Å². The smallest absolute Gasteiger partial charge is 0.358 e. The van der Waals surface area contributed by atoms with Crippen LogP contribution in [0.15, 0.2) is 12.1 Å². The van der Waals surface area contributed by atoms with E-state index in [1.165, 1.54) is 122 Å². The van der Waals surface area contributed by atoms with Gasteiger partial charge in [0.25, 0.3) is 0 Å². The summed E-state index contributed by atoms with van der Waals surface area (Å²) >= 11 is 0. The minimum Gasteiger partial charge on any atom is -0.492 e. The monoisotopic (exact) mass is 955 g/mol. The fourth-order valence-electron chi connectivity index (χ4n) is 7.24. The third kappa shape index (κ3) is 38.7. The molecule has 1 heterocycles. The molecule has 0 aliphatic carbocycles. The number of aromatic hydroxyl groups is 2. The van der Waals surface area contributed by atoms with Crippen LogP contribution < -0.4 is 10.2 Å². The number of carbonyl (C=O) groups is 5. The first kappa shape index (κ1) is 61.1. The second-order valence-corrected chi connectivity index (χ2v) is 17.4. The van der Waals surface area contributed by atoms with E-state index < -0.39 is 42.4 Å². The predicted molar refractivity (Wildman–Crippen MR) is 256 cm³/mol. The van der Waals surface area contributed by atoms with Crippen molar-refractivity contribution in [1.29, 1.82) is 0 Å². The number of nitrogens with zero attached hydrogens (tertiary/aromatic N) is 1. The van der Waals surface area contributed by atoms with E-state index in [0.29, 0.717) is 11.2 Å². The molecule has 0 saturated carbocycles. The fraction of sp³-hybridized carbons (Fsp3) is 0.824. The molecule has 0 spiro atoms. The Balaban J connectivity index is 2.28. The van der Waals surface area contributed by atoms with Gasteiger partial charge in [0, 0.05) is 37.9 Å². The second kappa shape index (κ2) is 44.6. The Morgan fingerprint density at radius 1 is 0.478 bits per heavy atom. The Labute approximate surface area is 402 Å². The van der Waals surface area contributed by atoms with Crippen molar-refractivity contribution in [2.75, 3.05) is 59.4 Å². The van der Waals surface area contributed by atoms with Crippen LogP contribution in [0.25, 0.3) is 0 Å². The van der Waals surface area contributed by atoms with Crippen molar-refractivity contribution in [3.8, 4) is 11.8 Å². The maximum atomic E-state index is 12.8. The first-order valence-corrected chi connectivity index (χ1v) is 26.0. The zero-order chi connectivity index (χ0) is 48.8. The lowest BCUT2D eigenvalue weighted by Gasteiger charge is -2.18. The summed E-state index contributed by atoms with van der Waals surface area (Å²) in [6, 6.07) is 2.33. The number of ether oxygens (including phenoxy) is 6. The Bertz CT molecular complexity index is 1370. The van der Waals surface area contributed by atoms with Crippen LogP contribution >= 0.6 is 0 Å². The normalized spacial score (nSPS) is 11.6. The maximum absolute atomic E-state index is 12.8. The molecule has 3 N–H and O–H groups in total. The Kier molecular flexibility index (Phi) is 40.7. The Morgan fingerprint density at radius 3 is 1.33 bits per heavy atom. The van der Waals surface area contributed by atoms with Gasteiger partial charge in [-0.1, -0.05) is 168 Å². The van der Waals surface area contributed by atoms with Gasteiger partial charge in [-0.3, -0.25) is 19.2 Å². The van der Waals surface area contributed by atoms with Gasteiger partial charge in [0.15, 0.2) is 6.10 Å². The van der Waals surface area contributed by atoms with Crippen LogP contribution in [-0.4, -0.2) is 110 Å². The summed E-state index contributed by atoms with van der Waals surface area (Å²) in [5, 5.41) is 21.6. The molecule has 0 fully saturated rings. The summed E-state index contributed by atoms with van der Waals surface area (Å²) in [6.45, 7) is 4.77. The standard InChI is InChI=1S/C51H90N2O14/c1-3-5-7-9-11-13-15-17-19-21-23-25-27-29-48(57)64-41-44(66-50(59)30-28-26-24-22-20-18-16-14-12-10-8-6-4-2)42-65-49(58)34-31-45(54)52-35-36-61-37-38-62-39-40-63-43-51(60)67-53-46(55)32-33-47(53)56/h32-33,44,55-56H,3-31,34-43H2,1-2H3,(H,52,54). The van der Waals surface area contributed by atoms with Crippen LogP contribution in [0.4, 0.5) is 0 Å². The van der Waals surface area contributed by atoms with Crippen LogP contribution in [0.5, 0.6) is 11.8 Å². The SMILES string of the molecule is CCCCCCCCCCCCCCCC(=O)OCC(COC(=O)CCC(=O)NCCOCCOCCOCC(=O)On1c(O)ccc1O)OC(=O)CCCCCCCCCCCCCCC. The predicted octanol–water partition coefficient (Wildman–Crippen LogP) is 9.76. The average Bonchev–Trinajstić information content (AvgIpc) is 3.63. The first-order chi connectivity index (χ1) is 32.7. The molecule has 1 aromatic rings. The topological polar surface area (TPSA) is 207 Å². The molecule has 16 nitrogen and oxygen atoms in total. The van der Waals surface area contributed by atoms with Crippen molar-refractivity contribution in [2.45, 2.75) is 213 Å². The van der Waals surface area contributed by atoms with Gasteiger partial charge in [0.1, 0.15) is 19.8 Å². The summed E-state index contributed by atoms with van der Waals surface area (Å²) in [6.07, 6.45) is 30.6. The van der Waals surface area contributed by atoms with Crippen molar-refractivity contribution in [2.24, 2.45) is 0 Å². The van der Waals surface area contributed by atoms with E-state index >= 15 is 0 Å². The number of nitrogens with one attached hydrogen (secondary N) is 1. The van der Waals surface area contributed by atoms with E-state index in [4.69, 9.17) is 33.3 Å². The molecule has 0 aliphatic heterocycles. The zero-order valence-corrected chi connectivity index (χ0v) is 41.5. The van der Waals surface area contributed by atoms with Crippen molar-refractivity contribution < 1.29 is 67.4 Å². The molecular formula is C51H90N2O14. The van der Waals surface area contributed by atoms with Gasteiger partial charge in [0.05, 0.1) is 39.5 Å². The summed E-state index contributed by atoms with van der Waals surface area (Å²) in [7, 11) is 0. The van der Waals surface area contributed by atoms with Gasteiger partial charge in [-0.2, -0.15) is 0 Å². The van der Waals surface area contributed by atoms with Gasteiger partial charge in [-0.05, 0) is 12.8 Å². The molecule has 67 heavy (non-hydrogen) atoms. The highest BCUT2D eigenvalue weighted by molar-refractivity contribution is 5.81. The number of amides is 1. The molecule has 0 saturated heterocycles. The largest absolute Gasteiger partial charge is 0.492 e. The van der Waals surface area contributed by atoms with E-state index in [1.54, 1.807) is 0 Å². The van der Waals surface area contributed by atoms with Gasteiger partial charge in [-0.15, -0.1) is 4.73 Å². The lowest BCUT2D eigenvalue weighted by Crippen LogP contribution is -2.31. The van der Waals surface area contributed by atoms with E-state index in [9.17, 15) is 34.2 Å². The van der Waals surface area contributed by atoms with Crippen LogP contribution in [0.3, 0.4) is 0 Å². The van der Waals surface area contributed by atoms with Gasteiger partial charge in [-0.25, -0.2) is 4.79 Å². The molecule has 0 radical (unpaired) electrons. The molecule has 0 bridgehead atoms. The molecule has 388 valence electrons. The Hall–Kier alpha value is -3.89. The van der Waals surface area contributed by atoms with E-state index in [-0.39, 0.29) is 90.4 Å². The lowest BCUT2D eigenvalue weighted by atomic mass is 10.0. The molecule has 1 rings (SSSR count). The fourth-order valence-corrected chi connectivity index (χ4v) is 7.24. The van der Waals surface area contributed by atoms with Crippen molar-refractivity contribution in [1.82, 2.24) is 10.0 Å². The van der Waals surface area contributed by atoms with E-state index in [1.807, 2.05) is 0 Å². The van der Waals surface area contributed by atoms with Crippen LogP contribution in [0, 0.1) is 0 Å². The third-order valence-corrected chi connectivity index (χ3v) is 11.2. The molecule has 1 amide bonds. The molecule has 1 atom stereocenters. The molecule has 16 heteroatoms. The highest BCUT2D eigenvalue weighted by Gasteiger charge is 2.20. The number of aromatic nitrogens is 1. The van der Waals surface area contributed by atoms with Crippen molar-refractivity contribution in [3.05, 3.63) is 12.1 Å². The summed E-state index contributed by atoms with van der Waals surface area (Å²) < 4.78 is 33.0. The average molecular weight is 955 g/mol. The molecule has 0 aromatic carbocycles. The number of hydrogen-bond donors (Lipinski definition) is 3. The number of hydrogen-bond acceptors (Lipinski definition) is 14. The first-order valence-electron chi connectivity index (χ1n) is 26.0. The van der Waals surface area contributed by atoms with Gasteiger partial charge in [0.2, 0.25) is 17.7 Å². The second-order valence-electron chi connectivity index (χ2n) is 17.4. The molecular weight excluding hydrogens is 865 g/mol. The summed E-state index contributed by atoms with van der Waals surface area (Å²) in [5.41, 5.74) is 0. The minimum atomic E-state index is -0.942. The third-order valence-electron chi connectivity index (χ3n) is 11.2. The molecule has 0 aliphatic rings. The van der Waals surface area contributed by atoms with E-state index in [0.717, 1.165) is 50.7 Å². The zero-order valence-electron chi connectivity index (χ0n) is 41.5. The minimum absolute atomic E-state index is 0.0929. The number of unbranched alkanes of at least 4 members (excludes halogenated alkanes) is 24. The van der Waals surface area contributed by atoms with Crippen LogP contribution in [0.2, 0.25) is 0 Å². The van der Waals surface area contributed by atoms with Gasteiger partial charge >= 0.3 is 23.9 Å². The number of carbonyl (C=O) groups excluding carboxylic acids is 5. The van der Waals surface area contributed by atoms with Crippen LogP contribution in [0.1, 0.15) is 206 Å². The van der Waals surface area contributed by atoms with Crippen LogP contribution in [-0.2, 0) is 52.4 Å². The number of esters is 3. The quantitative estimate of drug-likeness (QED) is 0.0316. The molecule has 1 aromatic heterocycles. The molecule has 1 unspecified atom stereocenters. The van der Waals surface area contributed by atoms with E-state index in [2.05, 4.69) is 19.2 Å². The highest BCUT2D eigenvalue weighted by atomic mass is 16.7. The number of rotatable bonds is 48. The summed E-state index contributed by atoms with van der Waals surface area (Å²) in [5.74, 6) is -3.49. The maximum Gasteiger partial charge on any atom is 0.358 e. The lowest BCUT2D eigenvalue weighted by molar-refractivity contribution is -0.167. The summed E-state index contributed by atoms with van der Waals surface area (Å²) in [4.78, 5) is 66.7.